The second-order valence-corrected chi connectivity index (χ2v) is 6.54. The molecule has 2 aromatic rings. The molecule has 25 heavy (non-hydrogen) atoms. The van der Waals surface area contributed by atoms with Crippen LogP contribution in [-0.4, -0.2) is 26.4 Å². The predicted molar refractivity (Wildman–Crippen MR) is 103 cm³/mol. The molecule has 0 aliphatic heterocycles. The average molecular weight is 343 g/mol. The number of ether oxygens (including phenoxy) is 3. The molecule has 0 aliphatic rings. The first kappa shape index (κ1) is 19.0. The van der Waals surface area contributed by atoms with Gasteiger partial charge in [-0.25, -0.2) is 0 Å². The lowest BCUT2D eigenvalue weighted by Gasteiger charge is -2.17. The topological polar surface area (TPSA) is 39.7 Å². The van der Waals surface area contributed by atoms with Gasteiger partial charge in [0, 0.05) is 11.8 Å². The summed E-state index contributed by atoms with van der Waals surface area (Å²) in [5.74, 6) is 3.21. The van der Waals surface area contributed by atoms with E-state index in [0.717, 1.165) is 36.0 Å². The van der Waals surface area contributed by atoms with Crippen molar-refractivity contribution >= 4 is 5.69 Å². The Kier molecular flexibility index (Phi) is 7.45. The summed E-state index contributed by atoms with van der Waals surface area (Å²) in [4.78, 5) is 0. The summed E-state index contributed by atoms with van der Waals surface area (Å²) >= 11 is 0. The van der Waals surface area contributed by atoms with Gasteiger partial charge in [-0.2, -0.15) is 0 Å². The highest BCUT2D eigenvalue weighted by atomic mass is 16.5. The zero-order chi connectivity index (χ0) is 18.1. The lowest BCUT2D eigenvalue weighted by molar-refractivity contribution is 0.234. The van der Waals surface area contributed by atoms with Gasteiger partial charge in [0.15, 0.2) is 0 Å². The molecule has 0 amide bonds. The fourth-order valence-corrected chi connectivity index (χ4v) is 2.30. The molecule has 0 aromatic heterocycles. The Morgan fingerprint density at radius 1 is 0.920 bits per heavy atom. The molecule has 0 bridgehead atoms. The van der Waals surface area contributed by atoms with Gasteiger partial charge in [-0.05, 0) is 55.7 Å². The Labute approximate surface area is 151 Å². The zero-order valence-corrected chi connectivity index (χ0v) is 15.6. The summed E-state index contributed by atoms with van der Waals surface area (Å²) in [5, 5.41) is 3.40. The van der Waals surface area contributed by atoms with E-state index in [-0.39, 0.29) is 6.10 Å². The minimum Gasteiger partial charge on any atom is -0.497 e. The minimum atomic E-state index is 0.0407. The maximum absolute atomic E-state index is 5.91. The van der Waals surface area contributed by atoms with E-state index in [2.05, 4.69) is 19.2 Å². The van der Waals surface area contributed by atoms with E-state index in [0.29, 0.717) is 12.5 Å². The predicted octanol–water partition coefficient (Wildman–Crippen LogP) is 5.00. The summed E-state index contributed by atoms with van der Waals surface area (Å²) in [7, 11) is 1.66. The summed E-state index contributed by atoms with van der Waals surface area (Å²) in [6.45, 7) is 7.90. The number of nitrogens with one attached hydrogen (secondary N) is 1. The van der Waals surface area contributed by atoms with Crippen molar-refractivity contribution in [2.45, 2.75) is 33.3 Å². The second kappa shape index (κ2) is 9.82. The van der Waals surface area contributed by atoms with Gasteiger partial charge in [0.05, 0.1) is 20.3 Å². The molecule has 0 radical (unpaired) electrons. The molecule has 0 aliphatic carbocycles. The molecule has 0 fully saturated rings. The molecule has 2 rings (SSSR count). The van der Waals surface area contributed by atoms with Crippen LogP contribution in [0.25, 0.3) is 0 Å². The molecule has 136 valence electrons. The minimum absolute atomic E-state index is 0.0407. The van der Waals surface area contributed by atoms with Crippen LogP contribution in [0.3, 0.4) is 0 Å². The van der Waals surface area contributed by atoms with Crippen LogP contribution in [0.4, 0.5) is 5.69 Å². The first-order valence-corrected chi connectivity index (χ1v) is 8.84. The third-order valence-corrected chi connectivity index (χ3v) is 3.79. The second-order valence-electron chi connectivity index (χ2n) is 6.54. The van der Waals surface area contributed by atoms with Crippen LogP contribution in [0.15, 0.2) is 48.5 Å². The van der Waals surface area contributed by atoms with Crippen LogP contribution < -0.4 is 19.5 Å². The first-order chi connectivity index (χ1) is 12.1. The van der Waals surface area contributed by atoms with Gasteiger partial charge in [0.1, 0.15) is 23.4 Å². The number of benzene rings is 2. The van der Waals surface area contributed by atoms with Crippen molar-refractivity contribution < 1.29 is 14.2 Å². The molecule has 0 heterocycles. The number of methoxy groups -OCH3 is 1. The number of anilines is 1. The Morgan fingerprint density at radius 2 is 1.64 bits per heavy atom. The van der Waals surface area contributed by atoms with Crippen LogP contribution in [0, 0.1) is 5.92 Å². The van der Waals surface area contributed by atoms with Crippen LogP contribution in [0.1, 0.15) is 27.2 Å². The van der Waals surface area contributed by atoms with Gasteiger partial charge in [0.2, 0.25) is 0 Å². The van der Waals surface area contributed by atoms with E-state index < -0.39 is 0 Å². The number of hydrogen-bond acceptors (Lipinski definition) is 4. The molecule has 1 atom stereocenters. The van der Waals surface area contributed by atoms with Gasteiger partial charge in [-0.15, -0.1) is 0 Å². The fraction of sp³-hybridized carbons (Fsp3) is 0.429. The first-order valence-electron chi connectivity index (χ1n) is 8.84. The van der Waals surface area contributed by atoms with Gasteiger partial charge in [-0.3, -0.25) is 0 Å². The van der Waals surface area contributed by atoms with Gasteiger partial charge in [-0.1, -0.05) is 19.9 Å². The molecular weight excluding hydrogens is 314 g/mol. The molecular formula is C21H29NO3. The van der Waals surface area contributed by atoms with Gasteiger partial charge < -0.3 is 19.5 Å². The molecule has 1 N–H and O–H groups in total. The smallest absolute Gasteiger partial charge is 0.121 e. The Balaban J connectivity index is 1.79. The third kappa shape index (κ3) is 6.96. The Bertz CT molecular complexity index is 625. The van der Waals surface area contributed by atoms with Crippen LogP contribution in [0.5, 0.6) is 17.2 Å². The highest BCUT2D eigenvalue weighted by molar-refractivity contribution is 5.48. The highest BCUT2D eigenvalue weighted by Gasteiger charge is 2.05. The molecule has 1 unspecified atom stereocenters. The SMILES string of the molecule is COc1ccc(OC(C)CNc2cccc(OCCC(C)C)c2)cc1. The maximum Gasteiger partial charge on any atom is 0.121 e. The van der Waals surface area contributed by atoms with E-state index in [4.69, 9.17) is 14.2 Å². The molecule has 0 saturated heterocycles. The Morgan fingerprint density at radius 3 is 2.32 bits per heavy atom. The van der Waals surface area contributed by atoms with E-state index in [1.165, 1.54) is 0 Å². The van der Waals surface area contributed by atoms with Crippen LogP contribution in [-0.2, 0) is 0 Å². The normalized spacial score (nSPS) is 11.9. The van der Waals surface area contributed by atoms with Crippen molar-refractivity contribution in [1.29, 1.82) is 0 Å². The molecule has 4 heteroatoms. The van der Waals surface area contributed by atoms with Crippen molar-refractivity contribution in [3.63, 3.8) is 0 Å². The monoisotopic (exact) mass is 343 g/mol. The lowest BCUT2D eigenvalue weighted by Crippen LogP contribution is -2.22. The summed E-state index contributed by atoms with van der Waals surface area (Å²) in [6.07, 6.45) is 1.10. The fourth-order valence-electron chi connectivity index (χ4n) is 2.30. The quantitative estimate of drug-likeness (QED) is 0.659. The van der Waals surface area contributed by atoms with Crippen LogP contribution >= 0.6 is 0 Å². The van der Waals surface area contributed by atoms with E-state index in [1.807, 2.05) is 55.5 Å². The largest absolute Gasteiger partial charge is 0.497 e. The lowest BCUT2D eigenvalue weighted by atomic mass is 10.1. The molecule has 4 nitrogen and oxygen atoms in total. The molecule has 0 spiro atoms. The van der Waals surface area contributed by atoms with Crippen molar-refractivity contribution in [1.82, 2.24) is 0 Å². The summed E-state index contributed by atoms with van der Waals surface area (Å²) < 4.78 is 16.9. The van der Waals surface area contributed by atoms with Gasteiger partial charge >= 0.3 is 0 Å². The average Bonchev–Trinajstić information content (AvgIpc) is 2.61. The van der Waals surface area contributed by atoms with Crippen molar-refractivity contribution in [2.24, 2.45) is 5.92 Å². The summed E-state index contributed by atoms with van der Waals surface area (Å²) in [5.41, 5.74) is 1.03. The Hall–Kier alpha value is -2.36. The third-order valence-electron chi connectivity index (χ3n) is 3.79. The van der Waals surface area contributed by atoms with Crippen molar-refractivity contribution in [3.8, 4) is 17.2 Å². The molecule has 2 aromatic carbocycles. The van der Waals surface area contributed by atoms with Crippen molar-refractivity contribution in [2.75, 3.05) is 25.6 Å². The highest BCUT2D eigenvalue weighted by Crippen LogP contribution is 2.20. The van der Waals surface area contributed by atoms with Crippen LogP contribution in [0.2, 0.25) is 0 Å². The summed E-state index contributed by atoms with van der Waals surface area (Å²) in [6, 6.07) is 15.7. The number of hydrogen-bond donors (Lipinski definition) is 1. The van der Waals surface area contributed by atoms with E-state index in [1.54, 1.807) is 7.11 Å². The van der Waals surface area contributed by atoms with Crippen molar-refractivity contribution in [3.05, 3.63) is 48.5 Å². The maximum atomic E-state index is 5.91. The number of rotatable bonds is 10. The zero-order valence-electron chi connectivity index (χ0n) is 15.6. The standard InChI is InChI=1S/C21H29NO3/c1-16(2)12-13-24-21-7-5-6-18(14-21)22-15-17(3)25-20-10-8-19(23-4)9-11-20/h5-11,14,16-17,22H,12-13,15H2,1-4H3. The molecule has 0 saturated carbocycles. The van der Waals surface area contributed by atoms with Gasteiger partial charge in [0.25, 0.3) is 0 Å². The van der Waals surface area contributed by atoms with E-state index in [9.17, 15) is 0 Å². The van der Waals surface area contributed by atoms with E-state index >= 15 is 0 Å².